The van der Waals surface area contributed by atoms with Crippen molar-refractivity contribution in [2.75, 3.05) is 0 Å². The summed E-state index contributed by atoms with van der Waals surface area (Å²) in [5, 5.41) is 16.6. The molecular weight excluding hydrogens is 250 g/mol. The zero-order chi connectivity index (χ0) is 13.1. The highest BCUT2D eigenvalue weighted by Crippen LogP contribution is 2.29. The van der Waals surface area contributed by atoms with Crippen molar-refractivity contribution >= 4 is 17.6 Å². The number of amidine groups is 1. The Bertz CT molecular complexity index is 593. The van der Waals surface area contributed by atoms with Crippen LogP contribution in [0.15, 0.2) is 39.7 Å². The molecule has 0 radical (unpaired) electrons. The summed E-state index contributed by atoms with van der Waals surface area (Å²) in [6.45, 7) is 1.98. The number of nitrogens with zero attached hydrogens (tertiary/aromatic N) is 4. The Hall–Kier alpha value is -2.02. The molecular formula is C11H13N5OS. The molecule has 0 aliphatic carbocycles. The van der Waals surface area contributed by atoms with Crippen LogP contribution in [0, 0.1) is 6.92 Å². The lowest BCUT2D eigenvalue weighted by Gasteiger charge is -2.08. The average molecular weight is 263 g/mol. The third-order valence-corrected chi connectivity index (χ3v) is 3.50. The first-order valence-corrected chi connectivity index (χ1v) is 6.04. The lowest BCUT2D eigenvalue weighted by molar-refractivity contribution is 0.318. The third-order valence-electron chi connectivity index (χ3n) is 2.39. The molecule has 94 valence electrons. The van der Waals surface area contributed by atoms with Crippen molar-refractivity contribution in [3.8, 4) is 0 Å². The van der Waals surface area contributed by atoms with Crippen molar-refractivity contribution in [2.45, 2.75) is 17.0 Å². The molecule has 0 atom stereocenters. The van der Waals surface area contributed by atoms with Gasteiger partial charge in [0.1, 0.15) is 6.33 Å². The highest BCUT2D eigenvalue weighted by molar-refractivity contribution is 7.99. The maximum atomic E-state index is 8.78. The molecule has 0 fully saturated rings. The summed E-state index contributed by atoms with van der Waals surface area (Å²) in [4.78, 5) is 5.01. The second-order valence-corrected chi connectivity index (χ2v) is 4.76. The van der Waals surface area contributed by atoms with Gasteiger partial charge in [0, 0.05) is 17.5 Å². The van der Waals surface area contributed by atoms with Gasteiger partial charge in [0.15, 0.2) is 11.0 Å². The fourth-order valence-corrected chi connectivity index (χ4v) is 2.46. The van der Waals surface area contributed by atoms with Crippen LogP contribution < -0.4 is 5.73 Å². The minimum atomic E-state index is 0.0830. The second-order valence-electron chi connectivity index (χ2n) is 3.75. The Labute approximate surface area is 109 Å². The number of aromatic nitrogens is 3. The van der Waals surface area contributed by atoms with Crippen molar-refractivity contribution in [2.24, 2.45) is 17.9 Å². The smallest absolute Gasteiger partial charge is 0.190 e. The van der Waals surface area contributed by atoms with Gasteiger partial charge in [0.25, 0.3) is 0 Å². The molecule has 0 bridgehead atoms. The Morgan fingerprint density at radius 2 is 2.28 bits per heavy atom. The van der Waals surface area contributed by atoms with Gasteiger partial charge < -0.3 is 10.9 Å². The summed E-state index contributed by atoms with van der Waals surface area (Å²) in [5.41, 5.74) is 7.42. The van der Waals surface area contributed by atoms with Crippen LogP contribution in [0.1, 0.15) is 11.1 Å². The molecule has 0 saturated heterocycles. The first-order valence-electron chi connectivity index (χ1n) is 5.22. The fourth-order valence-electron chi connectivity index (χ4n) is 1.46. The van der Waals surface area contributed by atoms with E-state index >= 15 is 0 Å². The van der Waals surface area contributed by atoms with Crippen LogP contribution in [0.2, 0.25) is 0 Å². The Morgan fingerprint density at radius 3 is 2.89 bits per heavy atom. The van der Waals surface area contributed by atoms with Crippen molar-refractivity contribution in [3.05, 3.63) is 35.7 Å². The standard InChI is InChI=1S/C11H13N5OS/c1-7-3-4-8(10(12)15-17)9(5-7)18-11-13-6-14-16(11)2/h3-6,17H,1-2H3,(H2,12,15). The summed E-state index contributed by atoms with van der Waals surface area (Å²) < 4.78 is 1.67. The number of hydrogen-bond donors (Lipinski definition) is 2. The molecule has 18 heavy (non-hydrogen) atoms. The molecule has 0 unspecified atom stereocenters. The van der Waals surface area contributed by atoms with Crippen LogP contribution in [0.3, 0.4) is 0 Å². The van der Waals surface area contributed by atoms with E-state index in [2.05, 4.69) is 15.2 Å². The normalized spacial score (nSPS) is 11.8. The van der Waals surface area contributed by atoms with Crippen LogP contribution in [0.5, 0.6) is 0 Å². The van der Waals surface area contributed by atoms with Gasteiger partial charge in [-0.05, 0) is 36.4 Å². The van der Waals surface area contributed by atoms with E-state index in [0.717, 1.165) is 15.6 Å². The predicted molar refractivity (Wildman–Crippen MR) is 68.8 cm³/mol. The van der Waals surface area contributed by atoms with E-state index in [1.165, 1.54) is 18.1 Å². The molecule has 0 aliphatic heterocycles. The largest absolute Gasteiger partial charge is 0.409 e. The molecule has 2 rings (SSSR count). The first kappa shape index (κ1) is 12.4. The molecule has 1 aromatic carbocycles. The van der Waals surface area contributed by atoms with Gasteiger partial charge in [-0.1, -0.05) is 11.2 Å². The van der Waals surface area contributed by atoms with E-state index < -0.39 is 0 Å². The molecule has 7 heteroatoms. The van der Waals surface area contributed by atoms with Gasteiger partial charge in [-0.15, -0.1) is 0 Å². The van der Waals surface area contributed by atoms with Crippen molar-refractivity contribution in [1.82, 2.24) is 14.8 Å². The molecule has 3 N–H and O–H groups in total. The van der Waals surface area contributed by atoms with E-state index in [-0.39, 0.29) is 5.84 Å². The summed E-state index contributed by atoms with van der Waals surface area (Å²) in [7, 11) is 1.81. The summed E-state index contributed by atoms with van der Waals surface area (Å²) in [5.74, 6) is 0.0830. The molecule has 2 aromatic rings. The van der Waals surface area contributed by atoms with Gasteiger partial charge in [-0.2, -0.15) is 5.10 Å². The maximum absolute atomic E-state index is 8.78. The Morgan fingerprint density at radius 1 is 1.50 bits per heavy atom. The zero-order valence-electron chi connectivity index (χ0n) is 10.0. The number of hydrogen-bond acceptors (Lipinski definition) is 5. The quantitative estimate of drug-likeness (QED) is 0.378. The van der Waals surface area contributed by atoms with E-state index in [1.807, 2.05) is 32.2 Å². The van der Waals surface area contributed by atoms with E-state index in [9.17, 15) is 0 Å². The molecule has 0 amide bonds. The highest BCUT2D eigenvalue weighted by atomic mass is 32.2. The summed E-state index contributed by atoms with van der Waals surface area (Å²) in [6, 6.07) is 5.70. The molecule has 6 nitrogen and oxygen atoms in total. The lowest BCUT2D eigenvalue weighted by Crippen LogP contribution is -2.14. The maximum Gasteiger partial charge on any atom is 0.190 e. The van der Waals surface area contributed by atoms with Gasteiger partial charge in [0.05, 0.1) is 0 Å². The molecule has 1 aromatic heterocycles. The van der Waals surface area contributed by atoms with Crippen LogP contribution in [0.4, 0.5) is 0 Å². The van der Waals surface area contributed by atoms with Gasteiger partial charge in [-0.25, -0.2) is 9.67 Å². The summed E-state index contributed by atoms with van der Waals surface area (Å²) >= 11 is 1.42. The Kier molecular flexibility index (Phi) is 3.52. The predicted octanol–water partition coefficient (Wildman–Crippen LogP) is 1.37. The van der Waals surface area contributed by atoms with Crippen LogP contribution in [0.25, 0.3) is 0 Å². The lowest BCUT2D eigenvalue weighted by atomic mass is 10.1. The number of benzene rings is 1. The minimum Gasteiger partial charge on any atom is -0.409 e. The summed E-state index contributed by atoms with van der Waals surface area (Å²) in [6.07, 6.45) is 1.49. The molecule has 0 spiro atoms. The van der Waals surface area contributed by atoms with Crippen LogP contribution in [-0.4, -0.2) is 25.8 Å². The number of aryl methyl sites for hydroxylation is 2. The SMILES string of the molecule is Cc1ccc(/C(N)=N/O)c(Sc2ncnn2C)c1. The second kappa shape index (κ2) is 5.09. The minimum absolute atomic E-state index is 0.0830. The van der Waals surface area contributed by atoms with E-state index in [4.69, 9.17) is 10.9 Å². The van der Waals surface area contributed by atoms with Gasteiger partial charge >= 0.3 is 0 Å². The molecule has 0 aliphatic rings. The van der Waals surface area contributed by atoms with E-state index in [1.54, 1.807) is 4.68 Å². The number of oxime groups is 1. The van der Waals surface area contributed by atoms with Crippen LogP contribution in [-0.2, 0) is 7.05 Å². The number of rotatable bonds is 3. The topological polar surface area (TPSA) is 89.3 Å². The van der Waals surface area contributed by atoms with Crippen molar-refractivity contribution in [1.29, 1.82) is 0 Å². The third kappa shape index (κ3) is 2.45. The monoisotopic (exact) mass is 263 g/mol. The van der Waals surface area contributed by atoms with Crippen molar-refractivity contribution < 1.29 is 5.21 Å². The number of nitrogens with two attached hydrogens (primary N) is 1. The first-order chi connectivity index (χ1) is 8.61. The molecule has 0 saturated carbocycles. The van der Waals surface area contributed by atoms with Gasteiger partial charge in [0.2, 0.25) is 0 Å². The highest BCUT2D eigenvalue weighted by Gasteiger charge is 2.11. The van der Waals surface area contributed by atoms with Crippen molar-refractivity contribution in [3.63, 3.8) is 0 Å². The molecule has 1 heterocycles. The average Bonchev–Trinajstić information content (AvgIpc) is 2.74. The Balaban J connectivity index is 2.43. The zero-order valence-corrected chi connectivity index (χ0v) is 10.8. The van der Waals surface area contributed by atoms with Gasteiger partial charge in [-0.3, -0.25) is 0 Å². The van der Waals surface area contributed by atoms with E-state index in [0.29, 0.717) is 5.56 Å². The fraction of sp³-hybridized carbons (Fsp3) is 0.182. The van der Waals surface area contributed by atoms with Crippen LogP contribution >= 0.6 is 11.8 Å².